The smallest absolute Gasteiger partial charge is 0.236 e. The molecule has 0 aliphatic carbocycles. The predicted octanol–water partition coefficient (Wildman–Crippen LogP) is 2.29. The van der Waals surface area contributed by atoms with Crippen molar-refractivity contribution in [1.29, 1.82) is 0 Å². The predicted molar refractivity (Wildman–Crippen MR) is 87.5 cm³/mol. The Morgan fingerprint density at radius 1 is 1.24 bits per heavy atom. The van der Waals surface area contributed by atoms with Crippen LogP contribution in [0.2, 0.25) is 0 Å². The molecule has 0 bridgehead atoms. The van der Waals surface area contributed by atoms with E-state index in [1.54, 1.807) is 0 Å². The van der Waals surface area contributed by atoms with Gasteiger partial charge >= 0.3 is 0 Å². The molecule has 4 heteroatoms. The molecule has 0 radical (unpaired) electrons. The lowest BCUT2D eigenvalue weighted by Gasteiger charge is -2.18. The van der Waals surface area contributed by atoms with E-state index in [0.717, 1.165) is 19.5 Å². The van der Waals surface area contributed by atoms with Gasteiger partial charge in [-0.15, -0.1) is 0 Å². The van der Waals surface area contributed by atoms with Gasteiger partial charge in [0.2, 0.25) is 5.91 Å². The lowest BCUT2D eigenvalue weighted by atomic mass is 10.2. The van der Waals surface area contributed by atoms with Gasteiger partial charge in [-0.2, -0.15) is 0 Å². The third-order valence-corrected chi connectivity index (χ3v) is 3.96. The van der Waals surface area contributed by atoms with Crippen LogP contribution in [0, 0.1) is 0 Å². The summed E-state index contributed by atoms with van der Waals surface area (Å²) < 4.78 is 0. The lowest BCUT2D eigenvalue weighted by molar-refractivity contribution is -0.122. The van der Waals surface area contributed by atoms with Gasteiger partial charge in [-0.1, -0.05) is 19.1 Å². The van der Waals surface area contributed by atoms with Gasteiger partial charge in [0.25, 0.3) is 0 Å². The minimum absolute atomic E-state index is 0.0746. The number of nitrogens with one attached hydrogen (secondary N) is 2. The van der Waals surface area contributed by atoms with Gasteiger partial charge in [0.1, 0.15) is 0 Å². The van der Waals surface area contributed by atoms with Crippen LogP contribution in [0.4, 0.5) is 5.69 Å². The van der Waals surface area contributed by atoms with Crippen molar-refractivity contribution in [2.24, 2.45) is 0 Å². The first-order valence-corrected chi connectivity index (χ1v) is 8.05. The maximum atomic E-state index is 11.8. The largest absolute Gasteiger partial charge is 0.372 e. The SMILES string of the molecule is CCCNC(=O)C(C)NCc1ccc(N2CCCC2)cc1. The van der Waals surface area contributed by atoms with E-state index in [4.69, 9.17) is 0 Å². The van der Waals surface area contributed by atoms with Crippen LogP contribution in [0.5, 0.6) is 0 Å². The number of hydrogen-bond donors (Lipinski definition) is 2. The minimum Gasteiger partial charge on any atom is -0.372 e. The highest BCUT2D eigenvalue weighted by Crippen LogP contribution is 2.20. The first kappa shape index (κ1) is 15.8. The van der Waals surface area contributed by atoms with E-state index in [1.807, 2.05) is 6.92 Å². The van der Waals surface area contributed by atoms with E-state index in [-0.39, 0.29) is 11.9 Å². The molecule has 1 aliphatic rings. The summed E-state index contributed by atoms with van der Waals surface area (Å²) in [5, 5.41) is 6.18. The molecule has 1 atom stereocenters. The molecule has 1 aliphatic heterocycles. The van der Waals surface area contributed by atoms with Crippen LogP contribution in [-0.2, 0) is 11.3 Å². The van der Waals surface area contributed by atoms with Gasteiger partial charge in [-0.3, -0.25) is 4.79 Å². The Labute approximate surface area is 127 Å². The van der Waals surface area contributed by atoms with Crippen molar-refractivity contribution in [2.75, 3.05) is 24.5 Å². The van der Waals surface area contributed by atoms with Crippen molar-refractivity contribution in [3.05, 3.63) is 29.8 Å². The Morgan fingerprint density at radius 2 is 1.90 bits per heavy atom. The highest BCUT2D eigenvalue weighted by molar-refractivity contribution is 5.81. The van der Waals surface area contributed by atoms with Crippen LogP contribution in [-0.4, -0.2) is 31.6 Å². The van der Waals surface area contributed by atoms with Crippen molar-refractivity contribution in [3.63, 3.8) is 0 Å². The van der Waals surface area contributed by atoms with E-state index in [1.165, 1.54) is 37.2 Å². The topological polar surface area (TPSA) is 44.4 Å². The third kappa shape index (κ3) is 4.74. The van der Waals surface area contributed by atoms with Gasteiger partial charge in [0.15, 0.2) is 0 Å². The van der Waals surface area contributed by atoms with E-state index in [9.17, 15) is 4.79 Å². The summed E-state index contributed by atoms with van der Waals surface area (Å²) in [6, 6.07) is 8.51. The van der Waals surface area contributed by atoms with Crippen LogP contribution in [0.15, 0.2) is 24.3 Å². The normalized spacial score (nSPS) is 16.0. The van der Waals surface area contributed by atoms with Gasteiger partial charge in [0, 0.05) is 31.9 Å². The van der Waals surface area contributed by atoms with Crippen LogP contribution >= 0.6 is 0 Å². The standard InChI is InChI=1S/C17H27N3O/c1-3-10-18-17(21)14(2)19-13-15-6-8-16(9-7-15)20-11-4-5-12-20/h6-9,14,19H,3-5,10-13H2,1-2H3,(H,18,21). The second kappa shape index (κ2) is 8.03. The van der Waals surface area contributed by atoms with Crippen LogP contribution in [0.1, 0.15) is 38.7 Å². The van der Waals surface area contributed by atoms with Crippen molar-refractivity contribution >= 4 is 11.6 Å². The molecule has 2 N–H and O–H groups in total. The molecule has 0 aromatic heterocycles. The average molecular weight is 289 g/mol. The molecule has 2 rings (SSSR count). The quantitative estimate of drug-likeness (QED) is 0.809. The van der Waals surface area contributed by atoms with Gasteiger partial charge in [-0.05, 0) is 43.9 Å². The lowest BCUT2D eigenvalue weighted by Crippen LogP contribution is -2.42. The summed E-state index contributed by atoms with van der Waals surface area (Å²) in [4.78, 5) is 14.2. The fourth-order valence-corrected chi connectivity index (χ4v) is 2.56. The highest BCUT2D eigenvalue weighted by atomic mass is 16.2. The number of rotatable bonds is 7. The zero-order valence-electron chi connectivity index (χ0n) is 13.2. The average Bonchev–Trinajstić information content (AvgIpc) is 3.05. The molecule has 4 nitrogen and oxygen atoms in total. The van der Waals surface area contributed by atoms with Crippen molar-refractivity contribution in [1.82, 2.24) is 10.6 Å². The Hall–Kier alpha value is -1.55. The molecular formula is C17H27N3O. The number of hydrogen-bond acceptors (Lipinski definition) is 3. The summed E-state index contributed by atoms with van der Waals surface area (Å²) >= 11 is 0. The Morgan fingerprint density at radius 3 is 2.52 bits per heavy atom. The molecule has 1 aromatic rings. The molecule has 0 spiro atoms. The Kier molecular flexibility index (Phi) is 6.05. The highest BCUT2D eigenvalue weighted by Gasteiger charge is 2.13. The monoisotopic (exact) mass is 289 g/mol. The number of nitrogens with zero attached hydrogens (tertiary/aromatic N) is 1. The first-order chi connectivity index (χ1) is 10.2. The summed E-state index contributed by atoms with van der Waals surface area (Å²) in [6.07, 6.45) is 3.57. The molecule has 1 aromatic carbocycles. The van der Waals surface area contributed by atoms with Crippen LogP contribution < -0.4 is 15.5 Å². The number of amides is 1. The fourth-order valence-electron chi connectivity index (χ4n) is 2.56. The molecule has 1 saturated heterocycles. The molecule has 21 heavy (non-hydrogen) atoms. The Bertz CT molecular complexity index is 438. The van der Waals surface area contributed by atoms with Crippen molar-refractivity contribution < 1.29 is 4.79 Å². The van der Waals surface area contributed by atoms with Crippen molar-refractivity contribution in [3.8, 4) is 0 Å². The number of carbonyl (C=O) groups is 1. The maximum Gasteiger partial charge on any atom is 0.236 e. The third-order valence-electron chi connectivity index (χ3n) is 3.96. The zero-order valence-corrected chi connectivity index (χ0v) is 13.2. The van der Waals surface area contributed by atoms with E-state index in [0.29, 0.717) is 0 Å². The summed E-state index contributed by atoms with van der Waals surface area (Å²) in [6.45, 7) is 7.78. The maximum absolute atomic E-state index is 11.8. The summed E-state index contributed by atoms with van der Waals surface area (Å²) in [5.74, 6) is 0.0746. The molecular weight excluding hydrogens is 262 g/mol. The number of anilines is 1. The summed E-state index contributed by atoms with van der Waals surface area (Å²) in [7, 11) is 0. The second-order valence-electron chi connectivity index (χ2n) is 5.75. The molecule has 116 valence electrons. The summed E-state index contributed by atoms with van der Waals surface area (Å²) in [5.41, 5.74) is 2.53. The molecule has 1 heterocycles. The zero-order chi connectivity index (χ0) is 15.1. The minimum atomic E-state index is -0.158. The molecule has 0 saturated carbocycles. The Balaban J connectivity index is 1.79. The molecule has 1 amide bonds. The van der Waals surface area contributed by atoms with E-state index >= 15 is 0 Å². The van der Waals surface area contributed by atoms with E-state index in [2.05, 4.69) is 46.7 Å². The van der Waals surface area contributed by atoms with Crippen LogP contribution in [0.25, 0.3) is 0 Å². The van der Waals surface area contributed by atoms with Gasteiger partial charge in [-0.25, -0.2) is 0 Å². The van der Waals surface area contributed by atoms with E-state index < -0.39 is 0 Å². The molecule has 1 unspecified atom stereocenters. The van der Waals surface area contributed by atoms with Crippen molar-refractivity contribution in [2.45, 2.75) is 45.7 Å². The van der Waals surface area contributed by atoms with Gasteiger partial charge in [0.05, 0.1) is 6.04 Å². The molecule has 1 fully saturated rings. The number of carbonyl (C=O) groups excluding carboxylic acids is 1. The first-order valence-electron chi connectivity index (χ1n) is 8.05. The number of benzene rings is 1. The fraction of sp³-hybridized carbons (Fsp3) is 0.588. The second-order valence-corrected chi connectivity index (χ2v) is 5.75. The van der Waals surface area contributed by atoms with Gasteiger partial charge < -0.3 is 15.5 Å². The van der Waals surface area contributed by atoms with Crippen LogP contribution in [0.3, 0.4) is 0 Å².